The van der Waals surface area contributed by atoms with Crippen molar-refractivity contribution in [3.05, 3.63) is 35.9 Å². The highest BCUT2D eigenvalue weighted by Crippen LogP contribution is 2.60. The highest BCUT2D eigenvalue weighted by molar-refractivity contribution is 5.82. The van der Waals surface area contributed by atoms with E-state index in [1.54, 1.807) is 0 Å². The van der Waals surface area contributed by atoms with Crippen molar-refractivity contribution < 1.29 is 28.6 Å². The predicted octanol–water partition coefficient (Wildman–Crippen LogP) is 6.43. The van der Waals surface area contributed by atoms with Gasteiger partial charge in [0, 0.05) is 6.54 Å². The van der Waals surface area contributed by atoms with E-state index in [1.165, 1.54) is 19.3 Å². The molecule has 0 radical (unpaired) electrons. The van der Waals surface area contributed by atoms with Crippen LogP contribution in [0.5, 0.6) is 0 Å². The van der Waals surface area contributed by atoms with Gasteiger partial charge >= 0.3 is 17.9 Å². The average molecular weight is 584 g/mol. The first kappa shape index (κ1) is 32.5. The third-order valence-corrected chi connectivity index (χ3v) is 10.5. The van der Waals surface area contributed by atoms with Crippen LogP contribution in [-0.4, -0.2) is 56.2 Å². The maximum Gasteiger partial charge on any atom is 0.312 e. The molecule has 7 heteroatoms. The largest absolute Gasteiger partial charge is 0.464 e. The first-order chi connectivity index (χ1) is 19.8. The number of ether oxygens (including phenoxy) is 3. The Kier molecular flexibility index (Phi) is 10.1. The Morgan fingerprint density at radius 1 is 0.833 bits per heavy atom. The molecule has 3 aliphatic carbocycles. The molecule has 0 saturated heterocycles. The summed E-state index contributed by atoms with van der Waals surface area (Å²) in [4.78, 5) is 43.1. The molecule has 0 aromatic heterocycles. The van der Waals surface area contributed by atoms with Gasteiger partial charge in [-0.2, -0.15) is 0 Å². The normalized spacial score (nSPS) is 27.7. The lowest BCUT2D eigenvalue weighted by molar-refractivity contribution is -0.175. The summed E-state index contributed by atoms with van der Waals surface area (Å²) in [6, 6.07) is 9.60. The average Bonchev–Trinajstić information content (AvgIpc) is 3.66. The lowest BCUT2D eigenvalue weighted by Crippen LogP contribution is -2.46. The Morgan fingerprint density at radius 2 is 1.52 bits per heavy atom. The standard InChI is InChI=1S/C35H53NO6/c1-8-34(4,31(38)41-21-24-13-10-9-11-14-24)23-35(5,22-33(2,3)30(37)40-18-17-36(6)7)32(39)42-29-20-25-19-28(29)27-16-12-15-26(25)27/h9-11,13-14,25-29H,8,12,15-23H2,1-7H3. The Labute approximate surface area is 253 Å². The van der Waals surface area contributed by atoms with Crippen LogP contribution in [0.15, 0.2) is 30.3 Å². The minimum absolute atomic E-state index is 0.0748. The monoisotopic (exact) mass is 583 g/mol. The van der Waals surface area contributed by atoms with E-state index >= 15 is 0 Å². The van der Waals surface area contributed by atoms with Crippen LogP contribution < -0.4 is 0 Å². The van der Waals surface area contributed by atoms with E-state index in [9.17, 15) is 14.4 Å². The molecule has 0 spiro atoms. The van der Waals surface area contributed by atoms with Gasteiger partial charge in [-0.3, -0.25) is 14.4 Å². The van der Waals surface area contributed by atoms with Gasteiger partial charge in [0.05, 0.1) is 16.2 Å². The van der Waals surface area contributed by atoms with Gasteiger partial charge in [-0.05, 0) is 116 Å². The van der Waals surface area contributed by atoms with Crippen LogP contribution in [0.2, 0.25) is 0 Å². The molecule has 3 saturated carbocycles. The van der Waals surface area contributed by atoms with Gasteiger partial charge in [0.1, 0.15) is 19.3 Å². The quantitative estimate of drug-likeness (QED) is 0.184. The third-order valence-electron chi connectivity index (χ3n) is 10.5. The summed E-state index contributed by atoms with van der Waals surface area (Å²) in [5, 5.41) is 0. The summed E-state index contributed by atoms with van der Waals surface area (Å²) in [5.41, 5.74) is -2.06. The smallest absolute Gasteiger partial charge is 0.312 e. The summed E-state index contributed by atoms with van der Waals surface area (Å²) in [7, 11) is 3.86. The Bertz CT molecular complexity index is 1100. The molecule has 3 aliphatic rings. The van der Waals surface area contributed by atoms with Gasteiger partial charge in [0.15, 0.2) is 0 Å². The van der Waals surface area contributed by atoms with E-state index in [0.717, 1.165) is 24.3 Å². The highest BCUT2D eigenvalue weighted by atomic mass is 16.6. The molecule has 0 N–H and O–H groups in total. The van der Waals surface area contributed by atoms with E-state index in [-0.39, 0.29) is 50.1 Å². The van der Waals surface area contributed by atoms with Crippen molar-refractivity contribution in [3.8, 4) is 0 Å². The number of likely N-dealkylation sites (N-methyl/N-ethyl adjacent to an activating group) is 1. The Hall–Kier alpha value is -2.41. The van der Waals surface area contributed by atoms with E-state index in [4.69, 9.17) is 14.2 Å². The van der Waals surface area contributed by atoms with Crippen molar-refractivity contribution in [1.29, 1.82) is 0 Å². The van der Waals surface area contributed by atoms with Gasteiger partial charge in [-0.25, -0.2) is 0 Å². The number of carbonyl (C=O) groups excluding carboxylic acids is 3. The first-order valence-electron chi connectivity index (χ1n) is 16.0. The molecule has 7 atom stereocenters. The third kappa shape index (κ3) is 7.20. The maximum atomic E-state index is 14.3. The number of rotatable bonds is 14. The number of esters is 3. The van der Waals surface area contributed by atoms with Crippen LogP contribution in [0, 0.1) is 39.9 Å². The van der Waals surface area contributed by atoms with Crippen molar-refractivity contribution in [1.82, 2.24) is 4.90 Å². The molecule has 0 heterocycles. The number of hydrogen-bond donors (Lipinski definition) is 0. The summed E-state index contributed by atoms with van der Waals surface area (Å²) >= 11 is 0. The fraction of sp³-hybridized carbons (Fsp3) is 0.743. The number of fused-ring (bicyclic) bond motifs is 5. The van der Waals surface area contributed by atoms with Gasteiger partial charge in [0.25, 0.3) is 0 Å². The fourth-order valence-corrected chi connectivity index (χ4v) is 8.29. The Balaban J connectivity index is 1.52. The van der Waals surface area contributed by atoms with Crippen LogP contribution in [0.4, 0.5) is 0 Å². The molecular weight excluding hydrogens is 530 g/mol. The topological polar surface area (TPSA) is 82.1 Å². The summed E-state index contributed by atoms with van der Waals surface area (Å²) in [6.45, 7) is 10.4. The summed E-state index contributed by atoms with van der Waals surface area (Å²) in [6.07, 6.45) is 6.80. The van der Waals surface area contributed by atoms with E-state index in [2.05, 4.69) is 0 Å². The minimum Gasteiger partial charge on any atom is -0.464 e. The molecule has 7 nitrogen and oxygen atoms in total. The molecule has 2 bridgehead atoms. The maximum absolute atomic E-state index is 14.3. The zero-order valence-electron chi connectivity index (χ0n) is 26.9. The van der Waals surface area contributed by atoms with Gasteiger partial charge in [-0.1, -0.05) is 43.7 Å². The number of hydrogen-bond acceptors (Lipinski definition) is 7. The molecule has 7 unspecified atom stereocenters. The van der Waals surface area contributed by atoms with E-state index in [0.29, 0.717) is 30.7 Å². The Morgan fingerprint density at radius 3 is 2.19 bits per heavy atom. The zero-order chi connectivity index (χ0) is 30.7. The first-order valence-corrected chi connectivity index (χ1v) is 16.0. The minimum atomic E-state index is -1.09. The SMILES string of the molecule is CCC(C)(CC(C)(CC(C)(C)C(=O)OCCN(C)C)C(=O)OC1CC2CC1C1CCCC21)C(=O)OCc1ccccc1. The molecular formula is C35H53NO6. The lowest BCUT2D eigenvalue weighted by atomic mass is 9.65. The van der Waals surface area contributed by atoms with Crippen LogP contribution in [-0.2, 0) is 35.2 Å². The molecule has 42 heavy (non-hydrogen) atoms. The molecule has 3 fully saturated rings. The molecule has 1 aromatic rings. The van der Waals surface area contributed by atoms with Crippen molar-refractivity contribution in [2.75, 3.05) is 27.2 Å². The van der Waals surface area contributed by atoms with E-state index in [1.807, 2.05) is 83.9 Å². The van der Waals surface area contributed by atoms with Crippen LogP contribution >= 0.6 is 0 Å². The van der Waals surface area contributed by atoms with Crippen molar-refractivity contribution in [2.45, 2.75) is 98.7 Å². The second kappa shape index (κ2) is 13.1. The number of carbonyl (C=O) groups is 3. The zero-order valence-corrected chi connectivity index (χ0v) is 26.9. The van der Waals surface area contributed by atoms with Gasteiger partial charge < -0.3 is 19.1 Å². The number of nitrogens with zero attached hydrogens (tertiary/aromatic N) is 1. The van der Waals surface area contributed by atoms with Crippen LogP contribution in [0.3, 0.4) is 0 Å². The molecule has 1 aromatic carbocycles. The molecule has 234 valence electrons. The molecule has 0 amide bonds. The van der Waals surface area contributed by atoms with Gasteiger partial charge in [-0.15, -0.1) is 0 Å². The van der Waals surface area contributed by atoms with Gasteiger partial charge in [0.2, 0.25) is 0 Å². The summed E-state index contributed by atoms with van der Waals surface area (Å²) in [5.74, 6) is 1.57. The second-order valence-electron chi connectivity index (χ2n) is 14.8. The molecule has 0 aliphatic heterocycles. The summed E-state index contributed by atoms with van der Waals surface area (Å²) < 4.78 is 17.8. The van der Waals surface area contributed by atoms with E-state index < -0.39 is 16.2 Å². The lowest BCUT2D eigenvalue weighted by Gasteiger charge is -2.41. The van der Waals surface area contributed by atoms with Crippen LogP contribution in [0.1, 0.15) is 91.5 Å². The van der Waals surface area contributed by atoms with Crippen LogP contribution in [0.25, 0.3) is 0 Å². The fourth-order valence-electron chi connectivity index (χ4n) is 8.29. The number of benzene rings is 1. The molecule has 4 rings (SSSR count). The predicted molar refractivity (Wildman–Crippen MR) is 162 cm³/mol. The van der Waals surface area contributed by atoms with Crippen molar-refractivity contribution in [2.24, 2.45) is 39.9 Å². The van der Waals surface area contributed by atoms with Crippen molar-refractivity contribution in [3.63, 3.8) is 0 Å². The highest BCUT2D eigenvalue weighted by Gasteiger charge is 2.57. The second-order valence-corrected chi connectivity index (χ2v) is 14.8. The van der Waals surface area contributed by atoms with Crippen molar-refractivity contribution >= 4 is 17.9 Å².